The highest BCUT2D eigenvalue weighted by atomic mass is 32.2. The molecule has 3 heteroatoms. The van der Waals surface area contributed by atoms with Crippen molar-refractivity contribution in [1.29, 1.82) is 0 Å². The molecule has 2 nitrogen and oxygen atoms in total. The van der Waals surface area contributed by atoms with Crippen molar-refractivity contribution >= 4 is 16.9 Å². The zero-order chi connectivity index (χ0) is 13.0. The molecule has 2 aliphatic rings. The molecule has 1 aliphatic carbocycles. The van der Waals surface area contributed by atoms with E-state index in [2.05, 4.69) is 26.1 Å². The lowest BCUT2D eigenvalue weighted by molar-refractivity contribution is 0.227. The molecule has 0 bridgehead atoms. The maximum Gasteiger partial charge on any atom is 0.156 e. The molecular weight excluding hydrogens is 240 g/mol. The molecule has 0 radical (unpaired) electrons. The van der Waals surface area contributed by atoms with Crippen LogP contribution in [0.25, 0.3) is 0 Å². The van der Waals surface area contributed by atoms with E-state index in [0.29, 0.717) is 11.5 Å². The van der Waals surface area contributed by atoms with Crippen LogP contribution in [0.1, 0.15) is 59.3 Å². The van der Waals surface area contributed by atoms with Crippen LogP contribution in [0.2, 0.25) is 0 Å². The SMILES string of the molecule is CC(C)CC1CSC(=NCC2(C)CCCCC2)N1. The van der Waals surface area contributed by atoms with Crippen LogP contribution in [-0.2, 0) is 0 Å². The lowest BCUT2D eigenvalue weighted by Gasteiger charge is -2.32. The van der Waals surface area contributed by atoms with Gasteiger partial charge in [0.05, 0.1) is 0 Å². The Morgan fingerprint density at radius 3 is 2.72 bits per heavy atom. The van der Waals surface area contributed by atoms with Crippen LogP contribution in [0, 0.1) is 11.3 Å². The lowest BCUT2D eigenvalue weighted by Crippen LogP contribution is -2.30. The fourth-order valence-electron chi connectivity index (χ4n) is 3.05. The largest absolute Gasteiger partial charge is 0.361 e. The lowest BCUT2D eigenvalue weighted by atomic mass is 9.76. The van der Waals surface area contributed by atoms with E-state index in [4.69, 9.17) is 4.99 Å². The van der Waals surface area contributed by atoms with Gasteiger partial charge in [-0.2, -0.15) is 0 Å². The quantitative estimate of drug-likeness (QED) is 0.831. The first-order valence-corrected chi connectivity index (χ1v) is 8.50. The van der Waals surface area contributed by atoms with Crippen molar-refractivity contribution in [1.82, 2.24) is 5.32 Å². The number of hydrogen-bond acceptors (Lipinski definition) is 2. The second-order valence-corrected chi connectivity index (χ2v) is 7.78. The zero-order valence-corrected chi connectivity index (χ0v) is 13.0. The molecule has 1 N–H and O–H groups in total. The molecule has 1 aliphatic heterocycles. The van der Waals surface area contributed by atoms with Crippen molar-refractivity contribution in [3.63, 3.8) is 0 Å². The summed E-state index contributed by atoms with van der Waals surface area (Å²) in [6, 6.07) is 0.646. The minimum absolute atomic E-state index is 0.476. The van der Waals surface area contributed by atoms with E-state index in [1.165, 1.54) is 49.4 Å². The molecule has 2 fully saturated rings. The summed E-state index contributed by atoms with van der Waals surface area (Å²) in [6.07, 6.45) is 8.22. The Morgan fingerprint density at radius 2 is 2.06 bits per heavy atom. The third-order valence-corrected chi connectivity index (χ3v) is 5.26. The zero-order valence-electron chi connectivity index (χ0n) is 12.2. The van der Waals surface area contributed by atoms with Crippen molar-refractivity contribution in [3.8, 4) is 0 Å². The Morgan fingerprint density at radius 1 is 1.33 bits per heavy atom. The van der Waals surface area contributed by atoms with E-state index in [1.807, 2.05) is 11.8 Å². The fraction of sp³-hybridized carbons (Fsp3) is 0.933. The van der Waals surface area contributed by atoms with Crippen molar-refractivity contribution < 1.29 is 0 Å². The second kappa shape index (κ2) is 6.31. The van der Waals surface area contributed by atoms with Gasteiger partial charge in [-0.15, -0.1) is 0 Å². The predicted molar refractivity (Wildman–Crippen MR) is 82.3 cm³/mol. The molecule has 1 saturated heterocycles. The number of rotatable bonds is 4. The van der Waals surface area contributed by atoms with Crippen LogP contribution in [0.15, 0.2) is 4.99 Å². The van der Waals surface area contributed by atoms with E-state index in [0.717, 1.165) is 12.5 Å². The Hall–Kier alpha value is -0.180. The first-order valence-electron chi connectivity index (χ1n) is 7.51. The fourth-order valence-corrected chi connectivity index (χ4v) is 4.04. The monoisotopic (exact) mass is 268 g/mol. The molecule has 0 aromatic heterocycles. The van der Waals surface area contributed by atoms with Gasteiger partial charge in [0.15, 0.2) is 5.17 Å². The first-order chi connectivity index (χ1) is 8.57. The summed E-state index contributed by atoms with van der Waals surface area (Å²) in [6.45, 7) is 8.03. The molecular formula is C15H28N2S. The van der Waals surface area contributed by atoms with Gasteiger partial charge in [0.1, 0.15) is 0 Å². The van der Waals surface area contributed by atoms with E-state index in [9.17, 15) is 0 Å². The number of amidine groups is 1. The normalized spacial score (nSPS) is 29.8. The second-order valence-electron chi connectivity index (χ2n) is 6.77. The summed E-state index contributed by atoms with van der Waals surface area (Å²) in [5.74, 6) is 1.98. The van der Waals surface area contributed by atoms with E-state index >= 15 is 0 Å². The first kappa shape index (κ1) is 14.2. The molecule has 1 atom stereocenters. The molecule has 104 valence electrons. The highest BCUT2D eigenvalue weighted by Crippen LogP contribution is 2.36. The highest BCUT2D eigenvalue weighted by molar-refractivity contribution is 8.14. The van der Waals surface area contributed by atoms with Gasteiger partial charge < -0.3 is 5.32 Å². The van der Waals surface area contributed by atoms with Crippen LogP contribution in [0.5, 0.6) is 0 Å². The average molecular weight is 268 g/mol. The van der Waals surface area contributed by atoms with Gasteiger partial charge >= 0.3 is 0 Å². The van der Waals surface area contributed by atoms with Crippen molar-refractivity contribution in [2.45, 2.75) is 65.3 Å². The van der Waals surface area contributed by atoms with Crippen molar-refractivity contribution in [3.05, 3.63) is 0 Å². The Balaban J connectivity index is 1.80. The van der Waals surface area contributed by atoms with Crippen LogP contribution in [0.3, 0.4) is 0 Å². The van der Waals surface area contributed by atoms with Gasteiger partial charge in [0, 0.05) is 18.3 Å². The highest BCUT2D eigenvalue weighted by Gasteiger charge is 2.27. The number of aliphatic imine (C=N–C) groups is 1. The van der Waals surface area contributed by atoms with E-state index in [1.54, 1.807) is 0 Å². The van der Waals surface area contributed by atoms with Crippen LogP contribution in [-0.4, -0.2) is 23.5 Å². The third-order valence-electron chi connectivity index (χ3n) is 4.17. The third kappa shape index (κ3) is 4.18. The van der Waals surface area contributed by atoms with Gasteiger partial charge in [-0.05, 0) is 30.6 Å². The number of hydrogen-bond donors (Lipinski definition) is 1. The molecule has 2 rings (SSSR count). The van der Waals surface area contributed by atoms with Gasteiger partial charge in [0.2, 0.25) is 0 Å². The molecule has 1 saturated carbocycles. The Bertz CT molecular complexity index is 293. The van der Waals surface area contributed by atoms with Crippen LogP contribution < -0.4 is 5.32 Å². The molecule has 18 heavy (non-hydrogen) atoms. The molecule has 1 unspecified atom stereocenters. The summed E-state index contributed by atoms with van der Waals surface area (Å²) in [7, 11) is 0. The van der Waals surface area contributed by atoms with E-state index in [-0.39, 0.29) is 0 Å². The number of nitrogens with zero attached hydrogens (tertiary/aromatic N) is 1. The smallest absolute Gasteiger partial charge is 0.156 e. The molecule has 0 aromatic carbocycles. The Labute approximate surface area is 116 Å². The van der Waals surface area contributed by atoms with Crippen molar-refractivity contribution in [2.24, 2.45) is 16.3 Å². The summed E-state index contributed by atoms with van der Waals surface area (Å²) < 4.78 is 0. The van der Waals surface area contributed by atoms with Gasteiger partial charge in [-0.3, -0.25) is 4.99 Å². The molecule has 1 heterocycles. The average Bonchev–Trinajstić information content (AvgIpc) is 2.74. The topological polar surface area (TPSA) is 24.4 Å². The maximum atomic E-state index is 4.84. The Kier molecular flexibility index (Phi) is 4.99. The van der Waals surface area contributed by atoms with Gasteiger partial charge in [0.25, 0.3) is 0 Å². The van der Waals surface area contributed by atoms with Crippen molar-refractivity contribution in [2.75, 3.05) is 12.3 Å². The minimum Gasteiger partial charge on any atom is -0.361 e. The standard InChI is InChI=1S/C15H28N2S/c1-12(2)9-13-10-18-14(17-13)16-11-15(3)7-5-4-6-8-15/h12-13H,4-11H2,1-3H3,(H,16,17). The summed E-state index contributed by atoms with van der Waals surface area (Å²) >= 11 is 1.92. The van der Waals surface area contributed by atoms with Crippen LogP contribution >= 0.6 is 11.8 Å². The van der Waals surface area contributed by atoms with Gasteiger partial charge in [-0.25, -0.2) is 0 Å². The maximum absolute atomic E-state index is 4.84. The summed E-state index contributed by atoms with van der Waals surface area (Å²) in [5, 5.41) is 4.79. The molecule has 0 spiro atoms. The predicted octanol–water partition coefficient (Wildman–Crippen LogP) is 4.06. The summed E-state index contributed by atoms with van der Waals surface area (Å²) in [4.78, 5) is 4.84. The van der Waals surface area contributed by atoms with Crippen LogP contribution in [0.4, 0.5) is 0 Å². The van der Waals surface area contributed by atoms with Gasteiger partial charge in [-0.1, -0.05) is 51.8 Å². The molecule has 0 amide bonds. The number of nitrogens with one attached hydrogen (secondary N) is 1. The summed E-state index contributed by atoms with van der Waals surface area (Å²) in [5.41, 5.74) is 0.476. The number of thioether (sulfide) groups is 1. The minimum atomic E-state index is 0.476. The van der Waals surface area contributed by atoms with E-state index < -0.39 is 0 Å². The molecule has 0 aromatic rings.